The van der Waals surface area contributed by atoms with Crippen molar-refractivity contribution in [2.75, 3.05) is 18.4 Å². The summed E-state index contributed by atoms with van der Waals surface area (Å²) in [5.41, 5.74) is 0.776. The van der Waals surface area contributed by atoms with Gasteiger partial charge in [-0.25, -0.2) is 0 Å². The third-order valence-corrected chi connectivity index (χ3v) is 3.97. The lowest BCUT2D eigenvalue weighted by Crippen LogP contribution is -2.41. The molecular formula is C15H20Cl2N2O. The number of hydrogen-bond donors (Lipinski definition) is 1. The fraction of sp³-hybridized carbons (Fsp3) is 0.533. The van der Waals surface area contributed by atoms with E-state index in [1.807, 2.05) is 11.8 Å². The van der Waals surface area contributed by atoms with Gasteiger partial charge >= 0.3 is 0 Å². The minimum Gasteiger partial charge on any atom is -0.374 e. The van der Waals surface area contributed by atoms with Crippen molar-refractivity contribution in [1.82, 2.24) is 4.90 Å². The van der Waals surface area contributed by atoms with Crippen LogP contribution in [-0.2, 0) is 4.79 Å². The third kappa shape index (κ3) is 4.29. The summed E-state index contributed by atoms with van der Waals surface area (Å²) in [5, 5.41) is 4.31. The topological polar surface area (TPSA) is 32.3 Å². The van der Waals surface area contributed by atoms with Gasteiger partial charge in [0, 0.05) is 28.8 Å². The smallest absolute Gasteiger partial charge is 0.244 e. The molecule has 1 aliphatic heterocycles. The summed E-state index contributed by atoms with van der Waals surface area (Å²) in [6.45, 7) is 3.60. The zero-order chi connectivity index (χ0) is 14.5. The molecule has 1 aromatic rings. The fourth-order valence-corrected chi connectivity index (χ4v) is 3.04. The first-order valence-electron chi connectivity index (χ1n) is 7.07. The van der Waals surface area contributed by atoms with Gasteiger partial charge in [-0.3, -0.25) is 4.79 Å². The summed E-state index contributed by atoms with van der Waals surface area (Å²) in [4.78, 5) is 14.4. The Morgan fingerprint density at radius 2 is 1.65 bits per heavy atom. The normalized spacial score (nSPS) is 17.4. The highest BCUT2D eigenvalue weighted by Crippen LogP contribution is 2.23. The van der Waals surface area contributed by atoms with Crippen LogP contribution in [0.15, 0.2) is 18.2 Å². The van der Waals surface area contributed by atoms with Crippen molar-refractivity contribution in [2.45, 2.75) is 38.6 Å². The third-order valence-electron chi connectivity index (χ3n) is 3.53. The van der Waals surface area contributed by atoms with E-state index < -0.39 is 0 Å². The lowest BCUT2D eigenvalue weighted by Gasteiger charge is -2.25. The predicted octanol–water partition coefficient (Wildman–Crippen LogP) is 4.20. The second kappa shape index (κ2) is 7.19. The number of nitrogens with zero attached hydrogens (tertiary/aromatic N) is 1. The molecule has 0 saturated carbocycles. The molecule has 1 N–H and O–H groups in total. The van der Waals surface area contributed by atoms with Crippen LogP contribution in [-0.4, -0.2) is 29.9 Å². The number of carbonyl (C=O) groups is 1. The van der Waals surface area contributed by atoms with Gasteiger partial charge in [-0.15, -0.1) is 0 Å². The van der Waals surface area contributed by atoms with Crippen molar-refractivity contribution >= 4 is 34.8 Å². The molecule has 5 heteroatoms. The van der Waals surface area contributed by atoms with E-state index in [1.165, 1.54) is 12.8 Å². The van der Waals surface area contributed by atoms with E-state index in [-0.39, 0.29) is 11.9 Å². The Morgan fingerprint density at radius 1 is 1.10 bits per heavy atom. The number of likely N-dealkylation sites (tertiary alicyclic amines) is 1. The number of anilines is 1. The zero-order valence-corrected chi connectivity index (χ0v) is 13.2. The first-order chi connectivity index (χ1) is 9.56. The Bertz CT molecular complexity index is 451. The molecule has 20 heavy (non-hydrogen) atoms. The van der Waals surface area contributed by atoms with Gasteiger partial charge in [0.1, 0.15) is 6.04 Å². The van der Waals surface area contributed by atoms with Gasteiger partial charge in [-0.2, -0.15) is 0 Å². The van der Waals surface area contributed by atoms with E-state index in [9.17, 15) is 4.79 Å². The van der Waals surface area contributed by atoms with Crippen molar-refractivity contribution < 1.29 is 4.79 Å². The zero-order valence-electron chi connectivity index (χ0n) is 11.7. The number of amides is 1. The summed E-state index contributed by atoms with van der Waals surface area (Å²) in [6.07, 6.45) is 4.63. The number of benzene rings is 1. The maximum absolute atomic E-state index is 12.4. The summed E-state index contributed by atoms with van der Waals surface area (Å²) in [6, 6.07) is 4.96. The van der Waals surface area contributed by atoms with Crippen LogP contribution in [0, 0.1) is 0 Å². The van der Waals surface area contributed by atoms with Gasteiger partial charge in [0.15, 0.2) is 0 Å². The van der Waals surface area contributed by atoms with E-state index in [2.05, 4.69) is 5.32 Å². The van der Waals surface area contributed by atoms with Gasteiger partial charge < -0.3 is 10.2 Å². The van der Waals surface area contributed by atoms with E-state index in [4.69, 9.17) is 23.2 Å². The van der Waals surface area contributed by atoms with E-state index in [0.717, 1.165) is 31.6 Å². The van der Waals surface area contributed by atoms with Gasteiger partial charge in [0.2, 0.25) is 5.91 Å². The molecule has 1 atom stereocenters. The van der Waals surface area contributed by atoms with Crippen molar-refractivity contribution in [3.63, 3.8) is 0 Å². The van der Waals surface area contributed by atoms with Crippen LogP contribution in [0.4, 0.5) is 5.69 Å². The van der Waals surface area contributed by atoms with Crippen LogP contribution in [0.3, 0.4) is 0 Å². The second-order valence-electron chi connectivity index (χ2n) is 5.26. The van der Waals surface area contributed by atoms with Crippen LogP contribution in [0.25, 0.3) is 0 Å². The Balaban J connectivity index is 1.99. The lowest BCUT2D eigenvalue weighted by molar-refractivity contribution is -0.131. The van der Waals surface area contributed by atoms with Gasteiger partial charge in [-0.05, 0) is 38.0 Å². The maximum Gasteiger partial charge on any atom is 0.244 e. The fourth-order valence-electron chi connectivity index (χ4n) is 2.51. The molecule has 0 aliphatic carbocycles. The van der Waals surface area contributed by atoms with Crippen molar-refractivity contribution in [3.05, 3.63) is 28.2 Å². The number of hydrogen-bond acceptors (Lipinski definition) is 2. The van der Waals surface area contributed by atoms with Gasteiger partial charge in [-0.1, -0.05) is 36.0 Å². The molecular weight excluding hydrogens is 295 g/mol. The lowest BCUT2D eigenvalue weighted by atomic mass is 10.2. The highest BCUT2D eigenvalue weighted by molar-refractivity contribution is 6.35. The quantitative estimate of drug-likeness (QED) is 0.907. The summed E-state index contributed by atoms with van der Waals surface area (Å²) < 4.78 is 0. The standard InChI is InChI=1S/C15H20Cl2N2O/c1-11(15(20)19-6-4-2-3-5-7-19)18-14-9-12(16)8-13(17)10-14/h8-11,18H,2-7H2,1H3. The van der Waals surface area contributed by atoms with E-state index in [0.29, 0.717) is 10.0 Å². The maximum atomic E-state index is 12.4. The average molecular weight is 315 g/mol. The molecule has 3 nitrogen and oxygen atoms in total. The molecule has 0 bridgehead atoms. The highest BCUT2D eigenvalue weighted by atomic mass is 35.5. The second-order valence-corrected chi connectivity index (χ2v) is 6.14. The molecule has 1 amide bonds. The molecule has 1 unspecified atom stereocenters. The first-order valence-corrected chi connectivity index (χ1v) is 7.83. The molecule has 2 rings (SSSR count). The van der Waals surface area contributed by atoms with Crippen molar-refractivity contribution in [1.29, 1.82) is 0 Å². The minimum atomic E-state index is -0.275. The largest absolute Gasteiger partial charge is 0.374 e. The Labute approximate surface area is 130 Å². The summed E-state index contributed by atoms with van der Waals surface area (Å²) in [7, 11) is 0. The molecule has 0 radical (unpaired) electrons. The molecule has 1 heterocycles. The molecule has 0 aromatic heterocycles. The van der Waals surface area contributed by atoms with Crippen LogP contribution in [0.5, 0.6) is 0 Å². The van der Waals surface area contributed by atoms with Crippen LogP contribution in [0.1, 0.15) is 32.6 Å². The highest BCUT2D eigenvalue weighted by Gasteiger charge is 2.21. The monoisotopic (exact) mass is 314 g/mol. The van der Waals surface area contributed by atoms with Crippen molar-refractivity contribution in [2.24, 2.45) is 0 Å². The molecule has 110 valence electrons. The van der Waals surface area contributed by atoms with Crippen LogP contribution in [0.2, 0.25) is 10.0 Å². The number of rotatable bonds is 3. The SMILES string of the molecule is CC(Nc1cc(Cl)cc(Cl)c1)C(=O)N1CCCCCC1. The summed E-state index contributed by atoms with van der Waals surface area (Å²) >= 11 is 11.9. The number of carbonyl (C=O) groups excluding carboxylic acids is 1. The molecule has 1 aromatic carbocycles. The molecule has 1 aliphatic rings. The van der Waals surface area contributed by atoms with Crippen LogP contribution < -0.4 is 5.32 Å². The molecule has 1 saturated heterocycles. The Hall–Kier alpha value is -0.930. The van der Waals surface area contributed by atoms with Crippen molar-refractivity contribution in [3.8, 4) is 0 Å². The Morgan fingerprint density at radius 3 is 2.20 bits per heavy atom. The molecule has 0 spiro atoms. The van der Waals surface area contributed by atoms with Gasteiger partial charge in [0.25, 0.3) is 0 Å². The number of nitrogens with one attached hydrogen (secondary N) is 1. The van der Waals surface area contributed by atoms with E-state index >= 15 is 0 Å². The van der Waals surface area contributed by atoms with Gasteiger partial charge in [0.05, 0.1) is 0 Å². The summed E-state index contributed by atoms with van der Waals surface area (Å²) in [5.74, 6) is 0.142. The minimum absolute atomic E-state index is 0.142. The number of halogens is 2. The van der Waals surface area contributed by atoms with E-state index in [1.54, 1.807) is 18.2 Å². The predicted molar refractivity (Wildman–Crippen MR) is 84.6 cm³/mol. The Kier molecular flexibility index (Phi) is 5.55. The average Bonchev–Trinajstić information content (AvgIpc) is 2.65. The molecule has 1 fully saturated rings. The van der Waals surface area contributed by atoms with Crippen LogP contribution >= 0.6 is 23.2 Å². The first kappa shape index (κ1) is 15.5.